The summed E-state index contributed by atoms with van der Waals surface area (Å²) in [6.45, 7) is 1.80. The lowest BCUT2D eigenvalue weighted by Gasteiger charge is -2.09. The quantitative estimate of drug-likeness (QED) is 0.396. The van der Waals surface area contributed by atoms with Gasteiger partial charge in [-0.1, -0.05) is 15.9 Å². The van der Waals surface area contributed by atoms with E-state index in [-0.39, 0.29) is 11.6 Å². The van der Waals surface area contributed by atoms with Gasteiger partial charge < -0.3 is 9.47 Å². The minimum absolute atomic E-state index is 0.187. The minimum Gasteiger partial charge on any atom is -0.493 e. The van der Waals surface area contributed by atoms with E-state index in [0.29, 0.717) is 28.4 Å². The van der Waals surface area contributed by atoms with Gasteiger partial charge in [-0.2, -0.15) is 5.10 Å². The van der Waals surface area contributed by atoms with Gasteiger partial charge in [0.2, 0.25) is 0 Å². The van der Waals surface area contributed by atoms with Crippen LogP contribution in [0.2, 0.25) is 0 Å². The third-order valence-electron chi connectivity index (χ3n) is 4.26. The molecule has 0 unspecified atom stereocenters. The predicted octanol–water partition coefficient (Wildman–Crippen LogP) is 5.00. The van der Waals surface area contributed by atoms with E-state index in [1.165, 1.54) is 24.4 Å². The van der Waals surface area contributed by atoms with Crippen molar-refractivity contribution >= 4 is 27.8 Å². The van der Waals surface area contributed by atoms with E-state index >= 15 is 0 Å². The number of carbonyl (C=O) groups is 1. The molecule has 0 aliphatic rings. The molecule has 1 heterocycles. The molecular formula is C21H18BrFN2O3. The largest absolute Gasteiger partial charge is 0.493 e. The highest BCUT2D eigenvalue weighted by Crippen LogP contribution is 2.34. The van der Waals surface area contributed by atoms with Crippen molar-refractivity contribution in [2.24, 2.45) is 0 Å². The molecule has 3 aromatic rings. The van der Waals surface area contributed by atoms with Crippen LogP contribution in [0.15, 0.2) is 53.1 Å². The molecule has 0 N–H and O–H groups in total. The van der Waals surface area contributed by atoms with E-state index < -0.39 is 0 Å². The summed E-state index contributed by atoms with van der Waals surface area (Å²) in [5.41, 5.74) is 2.60. The van der Waals surface area contributed by atoms with Gasteiger partial charge in [0.05, 0.1) is 37.4 Å². The van der Waals surface area contributed by atoms with Gasteiger partial charge in [-0.3, -0.25) is 4.79 Å². The molecule has 0 spiro atoms. The van der Waals surface area contributed by atoms with Gasteiger partial charge in [0.1, 0.15) is 5.82 Å². The van der Waals surface area contributed by atoms with Gasteiger partial charge in [-0.15, -0.1) is 0 Å². The number of methoxy groups -OCH3 is 2. The lowest BCUT2D eigenvalue weighted by Crippen LogP contribution is -2.01. The highest BCUT2D eigenvalue weighted by atomic mass is 79.9. The number of hydrogen-bond acceptors (Lipinski definition) is 4. The van der Waals surface area contributed by atoms with E-state index in [0.717, 1.165) is 10.0 Å². The Labute approximate surface area is 170 Å². The minimum atomic E-state index is -0.326. The van der Waals surface area contributed by atoms with Gasteiger partial charge in [0.25, 0.3) is 0 Å². The zero-order valence-corrected chi connectivity index (χ0v) is 17.2. The molecule has 0 aliphatic carbocycles. The topological polar surface area (TPSA) is 53.3 Å². The zero-order valence-electron chi connectivity index (χ0n) is 15.6. The highest BCUT2D eigenvalue weighted by molar-refractivity contribution is 9.10. The number of allylic oxidation sites excluding steroid dienone is 1. The first-order chi connectivity index (χ1) is 13.4. The molecule has 0 bridgehead atoms. The molecule has 5 nitrogen and oxygen atoms in total. The first kappa shape index (κ1) is 19.8. The molecule has 0 fully saturated rings. The molecule has 2 aromatic carbocycles. The number of nitrogens with zero attached hydrogens (tertiary/aromatic N) is 2. The normalized spacial score (nSPS) is 11.0. The summed E-state index contributed by atoms with van der Waals surface area (Å²) in [5, 5.41) is 4.25. The SMILES string of the molecule is COc1cc(Br)c(C=CC(=O)c2cnn(-c3ccc(F)cc3)c2C)cc1OC. The first-order valence-corrected chi connectivity index (χ1v) is 9.18. The van der Waals surface area contributed by atoms with Crippen molar-refractivity contribution in [2.45, 2.75) is 6.92 Å². The number of carbonyl (C=O) groups excluding carboxylic acids is 1. The van der Waals surface area contributed by atoms with Gasteiger partial charge >= 0.3 is 0 Å². The Kier molecular flexibility index (Phi) is 5.94. The Morgan fingerprint density at radius 1 is 1.14 bits per heavy atom. The van der Waals surface area contributed by atoms with Crippen LogP contribution in [0.3, 0.4) is 0 Å². The van der Waals surface area contributed by atoms with Crippen molar-refractivity contribution in [3.8, 4) is 17.2 Å². The van der Waals surface area contributed by atoms with E-state index in [1.807, 2.05) is 0 Å². The number of ketones is 1. The molecule has 0 radical (unpaired) electrons. The van der Waals surface area contributed by atoms with Crippen LogP contribution in [0.5, 0.6) is 11.5 Å². The van der Waals surface area contributed by atoms with Crippen LogP contribution >= 0.6 is 15.9 Å². The smallest absolute Gasteiger partial charge is 0.189 e. The summed E-state index contributed by atoms with van der Waals surface area (Å²) >= 11 is 3.47. The van der Waals surface area contributed by atoms with E-state index in [9.17, 15) is 9.18 Å². The number of ether oxygens (including phenoxy) is 2. The summed E-state index contributed by atoms with van der Waals surface area (Å²) in [5.74, 6) is 0.646. The van der Waals surface area contributed by atoms with Crippen LogP contribution in [-0.2, 0) is 0 Å². The van der Waals surface area contributed by atoms with Crippen molar-refractivity contribution in [3.05, 3.63) is 75.8 Å². The van der Waals surface area contributed by atoms with Crippen LogP contribution in [0.1, 0.15) is 21.6 Å². The number of halogens is 2. The standard InChI is InChI=1S/C21H18BrFN2O3/c1-13-17(12-24-25(13)16-7-5-15(23)6-8-16)19(26)9-4-14-10-20(27-2)21(28-3)11-18(14)22/h4-12H,1-3H3. The molecule has 1 aromatic heterocycles. The second kappa shape index (κ2) is 8.39. The summed E-state index contributed by atoms with van der Waals surface area (Å²) in [7, 11) is 3.11. The Bertz CT molecular complexity index is 1040. The van der Waals surface area contributed by atoms with Crippen molar-refractivity contribution in [2.75, 3.05) is 14.2 Å². The molecule has 28 heavy (non-hydrogen) atoms. The van der Waals surface area contributed by atoms with Crippen LogP contribution in [0, 0.1) is 12.7 Å². The Morgan fingerprint density at radius 2 is 1.79 bits per heavy atom. The molecule has 0 saturated carbocycles. The van der Waals surface area contributed by atoms with E-state index in [1.54, 1.807) is 56.2 Å². The second-order valence-electron chi connectivity index (χ2n) is 5.96. The monoisotopic (exact) mass is 444 g/mol. The fourth-order valence-electron chi connectivity index (χ4n) is 2.75. The number of hydrogen-bond donors (Lipinski definition) is 0. The maximum atomic E-state index is 13.1. The van der Waals surface area contributed by atoms with Crippen LogP contribution in [-0.4, -0.2) is 29.8 Å². The van der Waals surface area contributed by atoms with Gasteiger partial charge in [-0.05, 0) is 61.0 Å². The maximum absolute atomic E-state index is 13.1. The lowest BCUT2D eigenvalue weighted by molar-refractivity contribution is 0.104. The molecule has 0 aliphatic heterocycles. The third-order valence-corrected chi connectivity index (χ3v) is 4.95. The lowest BCUT2D eigenvalue weighted by atomic mass is 10.1. The average Bonchev–Trinajstić information content (AvgIpc) is 3.08. The number of aromatic nitrogens is 2. The highest BCUT2D eigenvalue weighted by Gasteiger charge is 2.14. The first-order valence-electron chi connectivity index (χ1n) is 8.39. The van der Waals surface area contributed by atoms with Crippen LogP contribution in [0.4, 0.5) is 4.39 Å². The fourth-order valence-corrected chi connectivity index (χ4v) is 3.20. The van der Waals surface area contributed by atoms with E-state index in [4.69, 9.17) is 9.47 Å². The Balaban J connectivity index is 1.87. The van der Waals surface area contributed by atoms with Crippen molar-refractivity contribution < 1.29 is 18.7 Å². The van der Waals surface area contributed by atoms with Crippen molar-refractivity contribution in [1.29, 1.82) is 0 Å². The molecule has 7 heteroatoms. The Morgan fingerprint density at radius 3 is 2.43 bits per heavy atom. The zero-order chi connectivity index (χ0) is 20.3. The second-order valence-corrected chi connectivity index (χ2v) is 6.81. The molecule has 144 valence electrons. The molecule has 0 saturated heterocycles. The van der Waals surface area contributed by atoms with Crippen LogP contribution < -0.4 is 9.47 Å². The molecule has 3 rings (SSSR count). The third kappa shape index (κ3) is 3.99. The predicted molar refractivity (Wildman–Crippen MR) is 109 cm³/mol. The number of rotatable bonds is 6. The molecule has 0 amide bonds. The summed E-state index contributed by atoms with van der Waals surface area (Å²) in [6.07, 6.45) is 4.68. The summed E-state index contributed by atoms with van der Waals surface area (Å²) in [4.78, 5) is 12.7. The van der Waals surface area contributed by atoms with E-state index in [2.05, 4.69) is 21.0 Å². The van der Waals surface area contributed by atoms with Gasteiger partial charge in [-0.25, -0.2) is 9.07 Å². The maximum Gasteiger partial charge on any atom is 0.189 e. The molecular weight excluding hydrogens is 427 g/mol. The Hall–Kier alpha value is -2.93. The summed E-state index contributed by atoms with van der Waals surface area (Å²) in [6, 6.07) is 9.49. The molecule has 0 atom stereocenters. The summed E-state index contributed by atoms with van der Waals surface area (Å²) < 4.78 is 26.0. The fraction of sp³-hybridized carbons (Fsp3) is 0.143. The average molecular weight is 445 g/mol. The van der Waals surface area contributed by atoms with Gasteiger partial charge in [0.15, 0.2) is 17.3 Å². The van der Waals surface area contributed by atoms with Crippen molar-refractivity contribution in [1.82, 2.24) is 9.78 Å². The van der Waals surface area contributed by atoms with Gasteiger partial charge in [0, 0.05) is 4.47 Å². The number of benzene rings is 2. The van der Waals surface area contributed by atoms with Crippen molar-refractivity contribution in [3.63, 3.8) is 0 Å². The van der Waals surface area contributed by atoms with Crippen LogP contribution in [0.25, 0.3) is 11.8 Å².